The molecule has 0 N–H and O–H groups in total. The Hall–Kier alpha value is 0.970. The second-order valence-corrected chi connectivity index (χ2v) is 4.62. The van der Waals surface area contributed by atoms with E-state index in [-0.39, 0.29) is 5.75 Å². The van der Waals surface area contributed by atoms with E-state index < -0.39 is 15.0 Å². The van der Waals surface area contributed by atoms with Gasteiger partial charge < -0.3 is 4.55 Å². The molecule has 4 heteroatoms. The molecule has 0 aromatic heterocycles. The van der Waals surface area contributed by atoms with Crippen molar-refractivity contribution in [2.75, 3.05) is 12.4 Å². The zero-order chi connectivity index (χ0) is 4.99. The van der Waals surface area contributed by atoms with Crippen molar-refractivity contribution in [3.8, 4) is 0 Å². The normalized spacial score (nSPS) is 14.5. The van der Waals surface area contributed by atoms with Crippen LogP contribution < -0.4 is 0 Å². The van der Waals surface area contributed by atoms with Gasteiger partial charge in [0.1, 0.15) is 12.4 Å². The molecule has 0 aliphatic carbocycles. The van der Waals surface area contributed by atoms with Crippen LogP contribution >= 0.6 is 21.2 Å². The van der Waals surface area contributed by atoms with Gasteiger partial charge in [-0.15, -0.1) is 0 Å². The van der Waals surface area contributed by atoms with Crippen LogP contribution in [0.3, 0.4) is 0 Å². The lowest BCUT2D eigenvalue weighted by Crippen LogP contribution is -1.96. The lowest BCUT2D eigenvalue weighted by Gasteiger charge is -1.92. The first-order chi connectivity index (χ1) is 2.77. The lowest BCUT2D eigenvalue weighted by molar-refractivity contribution is 0.521. The minimum Gasteiger partial charge on any atom is -0.608 e. The monoisotopic (exact) mass is 222 g/mol. The Balaban J connectivity index is 2.63. The van der Waals surface area contributed by atoms with Crippen molar-refractivity contribution in [2.45, 2.75) is 0 Å². The molecule has 0 saturated carbocycles. The van der Waals surface area contributed by atoms with Crippen LogP contribution in [0.1, 0.15) is 0 Å². The Kier molecular flexibility index (Phi) is 4.81. The van der Waals surface area contributed by atoms with E-state index in [1.165, 1.54) is 0 Å². The zero-order valence-electron chi connectivity index (χ0n) is 2.99. The van der Waals surface area contributed by atoms with Crippen molar-refractivity contribution >= 4 is 29.6 Å². The summed E-state index contributed by atoms with van der Waals surface area (Å²) in [6, 6.07) is 0. The fourth-order valence-electron chi connectivity index (χ4n) is 0.0607. The van der Waals surface area contributed by atoms with E-state index in [1.54, 1.807) is 21.2 Å². The first-order valence-corrected chi connectivity index (χ1v) is 5.24. The maximum Gasteiger partial charge on any atom is 0.248 e. The van der Waals surface area contributed by atoms with Crippen molar-refractivity contribution in [2.24, 2.45) is 0 Å². The highest BCUT2D eigenvalue weighted by Gasteiger charge is 1.94. The van der Waals surface area contributed by atoms with Crippen molar-refractivity contribution in [3.05, 3.63) is 0 Å². The van der Waals surface area contributed by atoms with Gasteiger partial charge in [-0.2, -0.15) is 0 Å². The summed E-state index contributed by atoms with van der Waals surface area (Å²) in [5.74, 6) is 0.167. The summed E-state index contributed by atoms with van der Waals surface area (Å²) in [6.07, 6.45) is 0. The summed E-state index contributed by atoms with van der Waals surface area (Å²) in [5.41, 5.74) is 0. The minimum absolute atomic E-state index is 0.167. The van der Waals surface area contributed by atoms with Crippen LogP contribution in [0.5, 0.6) is 0 Å². The highest BCUT2D eigenvalue weighted by atomic mass is 127. The number of hydrogen-bond acceptors (Lipinski definition) is 1. The van der Waals surface area contributed by atoms with Gasteiger partial charge in [0, 0.05) is 8.35 Å². The van der Waals surface area contributed by atoms with Gasteiger partial charge in [0.15, 0.2) is 0 Å². The molecule has 38 valence electrons. The largest absolute Gasteiger partial charge is 0.608 e. The Morgan fingerprint density at radius 2 is 2.33 bits per heavy atom. The summed E-state index contributed by atoms with van der Waals surface area (Å²) in [4.78, 5) is 0. The van der Waals surface area contributed by atoms with E-state index in [2.05, 4.69) is 0 Å². The average molecular weight is 222 g/mol. The zero-order valence-corrected chi connectivity index (χ0v) is 5.96. The van der Waals surface area contributed by atoms with Crippen LogP contribution in [0.4, 0.5) is 4.39 Å². The average Bonchev–Trinajstić information content (AvgIpc) is 1.35. The fourth-order valence-corrected chi connectivity index (χ4v) is 0.681. The molecule has 0 spiro atoms. The van der Waals surface area contributed by atoms with Crippen molar-refractivity contribution in [1.82, 2.24) is 0 Å². The predicted octanol–water partition coefficient (Wildman–Crippen LogP) is 1.05. The number of halogens is 2. The number of alkyl halides is 1. The van der Waals surface area contributed by atoms with Crippen molar-refractivity contribution in [1.29, 1.82) is 0 Å². The number of hydrogen-bond donors (Lipinski definition) is 0. The van der Waals surface area contributed by atoms with E-state index in [1.807, 2.05) is 0 Å². The smallest absolute Gasteiger partial charge is 0.248 e. The summed E-state index contributed by atoms with van der Waals surface area (Å²) < 4.78 is 20.9. The lowest BCUT2D eigenvalue weighted by atomic mass is 10.9. The van der Waals surface area contributed by atoms with E-state index in [0.717, 1.165) is 0 Å². The van der Waals surface area contributed by atoms with Gasteiger partial charge in [0.25, 0.3) is 0 Å². The maximum absolute atomic E-state index is 11.0. The Morgan fingerprint density at radius 1 is 1.83 bits per heavy atom. The highest BCUT2D eigenvalue weighted by molar-refractivity contribution is 14.2. The first-order valence-electron chi connectivity index (χ1n) is 1.38. The van der Waals surface area contributed by atoms with Gasteiger partial charge in [-0.05, 0) is 0 Å². The maximum atomic E-state index is 11.0. The molecule has 0 heterocycles. The van der Waals surface area contributed by atoms with Gasteiger partial charge in [0.2, 0.25) is 21.2 Å². The third kappa shape index (κ3) is 4.97. The van der Waals surface area contributed by atoms with Gasteiger partial charge in [-0.25, -0.2) is 4.39 Å². The van der Waals surface area contributed by atoms with E-state index >= 15 is 0 Å². The molecule has 0 aromatic carbocycles. The van der Waals surface area contributed by atoms with Crippen molar-refractivity contribution < 1.29 is 8.94 Å². The molecule has 0 saturated heterocycles. The van der Waals surface area contributed by atoms with E-state index in [9.17, 15) is 8.94 Å². The fraction of sp³-hybridized carbons (Fsp3) is 1.00. The topological polar surface area (TPSA) is 23.1 Å². The van der Waals surface area contributed by atoms with Crippen LogP contribution in [-0.2, 0) is 8.35 Å². The third-order valence-electron chi connectivity index (χ3n) is 0.238. The molecule has 1 atom stereocenters. The Morgan fingerprint density at radius 3 is 2.33 bits per heavy atom. The van der Waals surface area contributed by atoms with E-state index in [4.69, 9.17) is 0 Å². The minimum atomic E-state index is -0.971. The summed E-state index contributed by atoms with van der Waals surface area (Å²) >= 11 is 1.67. The summed E-state index contributed by atoms with van der Waals surface area (Å²) in [7, 11) is -0.971. The SMILES string of the molecule is [O-][S+](I)CCF. The number of rotatable bonds is 2. The summed E-state index contributed by atoms with van der Waals surface area (Å²) in [6.45, 7) is -0.477. The first kappa shape index (κ1) is 6.97. The molecule has 0 bridgehead atoms. The molecule has 0 aromatic rings. The molecule has 6 heavy (non-hydrogen) atoms. The van der Waals surface area contributed by atoms with Crippen LogP contribution in [-0.4, -0.2) is 17.0 Å². The quantitative estimate of drug-likeness (QED) is 0.506. The van der Waals surface area contributed by atoms with Crippen LogP contribution in [0.2, 0.25) is 0 Å². The van der Waals surface area contributed by atoms with Gasteiger partial charge in [-0.1, -0.05) is 0 Å². The molecule has 0 radical (unpaired) electrons. The van der Waals surface area contributed by atoms with Crippen molar-refractivity contribution in [3.63, 3.8) is 0 Å². The molecule has 0 fully saturated rings. The van der Waals surface area contributed by atoms with Crippen LogP contribution in [0, 0.1) is 0 Å². The molecule has 1 unspecified atom stereocenters. The Labute approximate surface area is 51.1 Å². The molecule has 0 aliphatic heterocycles. The van der Waals surface area contributed by atoms with Gasteiger partial charge in [-0.3, -0.25) is 0 Å². The molecule has 0 aliphatic rings. The van der Waals surface area contributed by atoms with Crippen LogP contribution in [0.25, 0.3) is 0 Å². The molecule has 0 amide bonds. The molecular weight excluding hydrogens is 218 g/mol. The van der Waals surface area contributed by atoms with Gasteiger partial charge >= 0.3 is 0 Å². The highest BCUT2D eigenvalue weighted by Crippen LogP contribution is 1.99. The van der Waals surface area contributed by atoms with Crippen LogP contribution in [0.15, 0.2) is 0 Å². The second kappa shape index (κ2) is 4.14. The predicted molar refractivity (Wildman–Crippen MR) is 33.0 cm³/mol. The van der Waals surface area contributed by atoms with E-state index in [0.29, 0.717) is 0 Å². The second-order valence-electron chi connectivity index (χ2n) is 0.683. The molecular formula is C2H4FIOS. The standard InChI is InChI=1S/C2H4FIOS/c3-1-2-6(4)5/h1-2H2. The molecule has 1 nitrogen and oxygen atoms in total. The third-order valence-corrected chi connectivity index (χ3v) is 2.03. The molecule has 0 rings (SSSR count). The Bertz CT molecular complexity index is 34.7. The van der Waals surface area contributed by atoms with Gasteiger partial charge in [0.05, 0.1) is 0 Å². The summed E-state index contributed by atoms with van der Waals surface area (Å²) in [5, 5.41) is 0.